The third kappa shape index (κ3) is 2.70. The molecule has 1 fully saturated rings. The Balaban J connectivity index is 2.44. The van der Waals surface area contributed by atoms with Crippen molar-refractivity contribution < 1.29 is 18.5 Å². The first kappa shape index (κ1) is 16.0. The summed E-state index contributed by atoms with van der Waals surface area (Å²) in [4.78, 5) is 11.9. The molecule has 1 heterocycles. The van der Waals surface area contributed by atoms with Gasteiger partial charge in [-0.25, -0.2) is 4.39 Å². The predicted molar refractivity (Wildman–Crippen MR) is 80.2 cm³/mol. The molecule has 114 valence electrons. The molecule has 1 amide bonds. The summed E-state index contributed by atoms with van der Waals surface area (Å²) in [5.74, 6) is -0.691. The Kier molecular flexibility index (Phi) is 3.89. The molecular formula is C15H21BFNO3. The number of aryl methyl sites for hydroxylation is 1. The fourth-order valence-electron chi connectivity index (χ4n) is 2.22. The van der Waals surface area contributed by atoms with Crippen molar-refractivity contribution in [2.24, 2.45) is 0 Å². The van der Waals surface area contributed by atoms with E-state index in [4.69, 9.17) is 9.31 Å². The quantitative estimate of drug-likeness (QED) is 0.846. The van der Waals surface area contributed by atoms with E-state index in [-0.39, 0.29) is 11.4 Å². The number of amides is 1. The Morgan fingerprint density at radius 3 is 2.19 bits per heavy atom. The van der Waals surface area contributed by atoms with Crippen LogP contribution in [0.2, 0.25) is 0 Å². The van der Waals surface area contributed by atoms with E-state index in [1.54, 1.807) is 14.0 Å². The smallest absolute Gasteiger partial charge is 0.399 e. The minimum Gasteiger partial charge on any atom is -0.399 e. The molecule has 0 spiro atoms. The van der Waals surface area contributed by atoms with E-state index in [0.717, 1.165) is 0 Å². The summed E-state index contributed by atoms with van der Waals surface area (Å²) < 4.78 is 26.0. The van der Waals surface area contributed by atoms with E-state index >= 15 is 0 Å². The summed E-state index contributed by atoms with van der Waals surface area (Å²) in [5.41, 5.74) is 0.137. The topological polar surface area (TPSA) is 47.6 Å². The van der Waals surface area contributed by atoms with E-state index < -0.39 is 24.1 Å². The SMILES string of the molecule is CNC(=O)c1cc(B2OC(C)(C)C(C)(C)O2)c(F)cc1C. The molecular weight excluding hydrogens is 272 g/mol. The van der Waals surface area contributed by atoms with Gasteiger partial charge in [0.25, 0.3) is 5.91 Å². The molecule has 0 radical (unpaired) electrons. The molecule has 6 heteroatoms. The largest absolute Gasteiger partial charge is 0.497 e. The Labute approximate surface area is 125 Å². The van der Waals surface area contributed by atoms with Gasteiger partial charge in [0.1, 0.15) is 5.82 Å². The molecule has 1 aliphatic rings. The number of benzene rings is 1. The minimum atomic E-state index is -0.820. The summed E-state index contributed by atoms with van der Waals surface area (Å²) in [7, 11) is 0.721. The van der Waals surface area contributed by atoms with E-state index in [2.05, 4.69) is 5.32 Å². The van der Waals surface area contributed by atoms with Crippen LogP contribution in [-0.4, -0.2) is 31.3 Å². The van der Waals surface area contributed by atoms with Crippen LogP contribution in [0.5, 0.6) is 0 Å². The van der Waals surface area contributed by atoms with Gasteiger partial charge in [-0.2, -0.15) is 0 Å². The van der Waals surface area contributed by atoms with Gasteiger partial charge < -0.3 is 14.6 Å². The Morgan fingerprint density at radius 2 is 1.71 bits per heavy atom. The lowest BCUT2D eigenvalue weighted by Gasteiger charge is -2.32. The lowest BCUT2D eigenvalue weighted by molar-refractivity contribution is 0.00578. The average Bonchev–Trinajstić information content (AvgIpc) is 2.57. The van der Waals surface area contributed by atoms with Crippen LogP contribution in [0, 0.1) is 12.7 Å². The zero-order chi connectivity index (χ0) is 16.0. The summed E-state index contributed by atoms with van der Waals surface area (Å²) in [6.45, 7) is 9.30. The van der Waals surface area contributed by atoms with Gasteiger partial charge in [0.05, 0.1) is 11.2 Å². The highest BCUT2D eigenvalue weighted by Gasteiger charge is 2.52. The number of halogens is 1. The molecule has 2 rings (SSSR count). The fraction of sp³-hybridized carbons (Fsp3) is 0.533. The third-order valence-corrected chi connectivity index (χ3v) is 4.32. The second kappa shape index (κ2) is 5.11. The highest BCUT2D eigenvalue weighted by Crippen LogP contribution is 2.36. The van der Waals surface area contributed by atoms with Crippen molar-refractivity contribution in [2.75, 3.05) is 7.05 Å². The van der Waals surface area contributed by atoms with Crippen molar-refractivity contribution >= 4 is 18.5 Å². The normalized spacial score (nSPS) is 19.7. The molecule has 0 aliphatic carbocycles. The van der Waals surface area contributed by atoms with E-state index in [9.17, 15) is 9.18 Å². The summed E-state index contributed by atoms with van der Waals surface area (Å²) in [6.07, 6.45) is 0. The summed E-state index contributed by atoms with van der Waals surface area (Å²) in [6, 6.07) is 2.84. The number of carbonyl (C=O) groups is 1. The van der Waals surface area contributed by atoms with E-state index in [1.807, 2.05) is 27.7 Å². The van der Waals surface area contributed by atoms with Crippen LogP contribution < -0.4 is 10.8 Å². The molecule has 0 bridgehead atoms. The molecule has 1 aromatic carbocycles. The van der Waals surface area contributed by atoms with Gasteiger partial charge in [0, 0.05) is 18.1 Å². The zero-order valence-corrected chi connectivity index (χ0v) is 13.3. The first-order chi connectivity index (χ1) is 9.59. The van der Waals surface area contributed by atoms with E-state index in [1.165, 1.54) is 12.1 Å². The molecule has 1 aromatic rings. The minimum absolute atomic E-state index is 0.248. The molecule has 0 aromatic heterocycles. The molecule has 0 unspecified atom stereocenters. The predicted octanol–water partition coefficient (Wildman–Crippen LogP) is 1.79. The van der Waals surface area contributed by atoms with Crippen molar-refractivity contribution in [2.45, 2.75) is 45.8 Å². The lowest BCUT2D eigenvalue weighted by Crippen LogP contribution is -2.41. The van der Waals surface area contributed by atoms with Crippen LogP contribution in [0.25, 0.3) is 0 Å². The molecule has 21 heavy (non-hydrogen) atoms. The molecule has 0 atom stereocenters. The van der Waals surface area contributed by atoms with Gasteiger partial charge in [-0.1, -0.05) is 0 Å². The molecule has 4 nitrogen and oxygen atoms in total. The van der Waals surface area contributed by atoms with Gasteiger partial charge >= 0.3 is 7.12 Å². The van der Waals surface area contributed by atoms with Crippen molar-refractivity contribution in [3.63, 3.8) is 0 Å². The maximum Gasteiger partial charge on any atom is 0.497 e. The monoisotopic (exact) mass is 293 g/mol. The molecule has 0 saturated carbocycles. The van der Waals surface area contributed by atoms with Crippen molar-refractivity contribution in [3.8, 4) is 0 Å². The molecule has 1 aliphatic heterocycles. The first-order valence-electron chi connectivity index (χ1n) is 6.97. The van der Waals surface area contributed by atoms with Gasteiger partial charge in [0.15, 0.2) is 0 Å². The Hall–Kier alpha value is -1.40. The maximum atomic E-state index is 14.3. The van der Waals surface area contributed by atoms with Gasteiger partial charge in [-0.15, -0.1) is 0 Å². The summed E-state index contributed by atoms with van der Waals surface area (Å²) >= 11 is 0. The number of nitrogens with one attached hydrogen (secondary N) is 1. The maximum absolute atomic E-state index is 14.3. The number of hydrogen-bond acceptors (Lipinski definition) is 3. The Morgan fingerprint density at radius 1 is 1.19 bits per heavy atom. The van der Waals surface area contributed by atoms with Crippen LogP contribution in [-0.2, 0) is 9.31 Å². The number of rotatable bonds is 2. The second-order valence-electron chi connectivity index (χ2n) is 6.36. The number of hydrogen-bond donors (Lipinski definition) is 1. The summed E-state index contributed by atoms with van der Waals surface area (Å²) in [5, 5.41) is 2.55. The number of carbonyl (C=O) groups excluding carboxylic acids is 1. The first-order valence-corrected chi connectivity index (χ1v) is 6.97. The van der Waals surface area contributed by atoms with Crippen LogP contribution in [0.4, 0.5) is 4.39 Å². The Bertz CT molecular complexity index is 571. The zero-order valence-electron chi connectivity index (χ0n) is 13.3. The van der Waals surface area contributed by atoms with Crippen LogP contribution in [0.15, 0.2) is 12.1 Å². The second-order valence-corrected chi connectivity index (χ2v) is 6.36. The van der Waals surface area contributed by atoms with Crippen LogP contribution in [0.1, 0.15) is 43.6 Å². The lowest BCUT2D eigenvalue weighted by atomic mass is 9.77. The highest BCUT2D eigenvalue weighted by molar-refractivity contribution is 6.62. The van der Waals surface area contributed by atoms with Crippen molar-refractivity contribution in [3.05, 3.63) is 29.1 Å². The molecule has 1 N–H and O–H groups in total. The van der Waals surface area contributed by atoms with Gasteiger partial charge in [-0.3, -0.25) is 4.79 Å². The highest BCUT2D eigenvalue weighted by atomic mass is 19.1. The standard InChI is InChI=1S/C15H21BFNO3/c1-9-7-12(17)11(8-10(9)13(19)18-6)16-20-14(2,3)15(4,5)21-16/h7-8H,1-6H3,(H,18,19). The average molecular weight is 293 g/mol. The molecule has 1 saturated heterocycles. The third-order valence-electron chi connectivity index (χ3n) is 4.32. The van der Waals surface area contributed by atoms with Crippen LogP contribution in [0.3, 0.4) is 0 Å². The van der Waals surface area contributed by atoms with Crippen molar-refractivity contribution in [1.29, 1.82) is 0 Å². The van der Waals surface area contributed by atoms with Gasteiger partial charge in [0.2, 0.25) is 0 Å². The fourth-order valence-corrected chi connectivity index (χ4v) is 2.22. The van der Waals surface area contributed by atoms with E-state index in [0.29, 0.717) is 11.1 Å². The van der Waals surface area contributed by atoms with Crippen molar-refractivity contribution in [1.82, 2.24) is 5.32 Å². The van der Waals surface area contributed by atoms with Gasteiger partial charge in [-0.05, 0) is 52.3 Å². The van der Waals surface area contributed by atoms with Crippen LogP contribution >= 0.6 is 0 Å².